The Morgan fingerprint density at radius 2 is 1.95 bits per heavy atom. The molecule has 1 unspecified atom stereocenters. The predicted molar refractivity (Wildman–Crippen MR) is 102 cm³/mol. The van der Waals surface area contributed by atoms with Crippen LogP contribution in [0.2, 0.25) is 0 Å². The van der Waals surface area contributed by atoms with E-state index in [4.69, 9.17) is 6.42 Å². The van der Waals surface area contributed by atoms with Crippen molar-refractivity contribution in [1.82, 2.24) is 0 Å². The first kappa shape index (κ1) is 20.3. The Morgan fingerprint density at radius 3 is 2.59 bits per heavy atom. The lowest BCUT2D eigenvalue weighted by atomic mass is 9.94. The van der Waals surface area contributed by atoms with Crippen molar-refractivity contribution in [1.29, 1.82) is 0 Å². The summed E-state index contributed by atoms with van der Waals surface area (Å²) in [6, 6.07) is 0. The van der Waals surface area contributed by atoms with Crippen molar-refractivity contribution in [3.63, 3.8) is 0 Å². The highest BCUT2D eigenvalue weighted by Gasteiger charge is 2.19. The summed E-state index contributed by atoms with van der Waals surface area (Å²) in [5.41, 5.74) is 1.76. The summed E-state index contributed by atoms with van der Waals surface area (Å²) in [7, 11) is 0. The molecule has 0 amide bonds. The van der Waals surface area contributed by atoms with E-state index in [1.54, 1.807) is 17.7 Å². The average molecular weight is 296 g/mol. The molecule has 0 heteroatoms. The minimum atomic E-state index is 0.881. The van der Waals surface area contributed by atoms with Gasteiger partial charge in [0.15, 0.2) is 0 Å². The van der Waals surface area contributed by atoms with E-state index in [1.807, 2.05) is 6.08 Å². The van der Waals surface area contributed by atoms with Gasteiger partial charge in [-0.3, -0.25) is 0 Å². The van der Waals surface area contributed by atoms with Crippen LogP contribution in [0.5, 0.6) is 0 Å². The van der Waals surface area contributed by atoms with Crippen LogP contribution in [0, 0.1) is 18.3 Å². The molecule has 120 valence electrons. The third kappa shape index (κ3) is 11.0. The molecule has 0 nitrogen and oxygen atoms in total. The normalized spacial score (nSPS) is 20.9. The average Bonchev–Trinajstić information content (AvgIpc) is 2.95. The maximum atomic E-state index is 4.98. The van der Waals surface area contributed by atoms with Crippen LogP contribution in [0.1, 0.15) is 57.8 Å². The minimum absolute atomic E-state index is 0.881. The first-order valence-electron chi connectivity index (χ1n) is 8.41. The number of hydrogen-bond acceptors (Lipinski definition) is 0. The van der Waals surface area contributed by atoms with Gasteiger partial charge in [-0.1, -0.05) is 55.2 Å². The molecule has 2 aliphatic rings. The van der Waals surface area contributed by atoms with Crippen molar-refractivity contribution < 1.29 is 0 Å². The minimum Gasteiger partial charge on any atom is -0.120 e. The summed E-state index contributed by atoms with van der Waals surface area (Å²) >= 11 is 0. The van der Waals surface area contributed by atoms with Crippen LogP contribution in [-0.2, 0) is 0 Å². The van der Waals surface area contributed by atoms with Gasteiger partial charge in [-0.05, 0) is 57.3 Å². The van der Waals surface area contributed by atoms with Crippen LogP contribution in [0.3, 0.4) is 0 Å². The van der Waals surface area contributed by atoms with Gasteiger partial charge >= 0.3 is 0 Å². The van der Waals surface area contributed by atoms with Crippen LogP contribution in [-0.4, -0.2) is 0 Å². The monoisotopic (exact) mass is 296 g/mol. The molecule has 0 heterocycles. The second-order valence-corrected chi connectivity index (χ2v) is 5.51. The Morgan fingerprint density at radius 1 is 1.18 bits per heavy atom. The van der Waals surface area contributed by atoms with E-state index < -0.39 is 0 Å². The van der Waals surface area contributed by atoms with E-state index in [1.165, 1.54) is 38.5 Å². The van der Waals surface area contributed by atoms with Crippen molar-refractivity contribution in [3.05, 3.63) is 61.8 Å². The standard InChI is InChI=1S/C11H16.C7H10.C4H6/c1-2-4-7-11-9-5-8-10(11)6-3-1;1-3-5-7-6-4-2;1-3-4-2/h1-2,6,11H,3-5,7-9H2;1,4H,2,5-7H2;3-4H,1-2H2/b2-1?,10-6-;;. The fourth-order valence-corrected chi connectivity index (χ4v) is 2.62. The molecule has 0 N–H and O–H groups in total. The van der Waals surface area contributed by atoms with Crippen LogP contribution >= 0.6 is 0 Å². The molecule has 2 rings (SSSR count). The quantitative estimate of drug-likeness (QED) is 0.232. The van der Waals surface area contributed by atoms with Gasteiger partial charge in [0.1, 0.15) is 0 Å². The first-order chi connectivity index (χ1) is 10.8. The molecule has 0 aromatic rings. The van der Waals surface area contributed by atoms with E-state index in [0.717, 1.165) is 25.2 Å². The highest BCUT2D eigenvalue weighted by Crippen LogP contribution is 2.35. The Hall–Kier alpha value is -1.74. The highest BCUT2D eigenvalue weighted by atomic mass is 14.2. The second-order valence-electron chi connectivity index (χ2n) is 5.51. The molecule has 0 aromatic carbocycles. The topological polar surface area (TPSA) is 0 Å². The second kappa shape index (κ2) is 15.6. The molecular weight excluding hydrogens is 264 g/mol. The summed E-state index contributed by atoms with van der Waals surface area (Å²) in [5, 5.41) is 0. The molecule has 1 saturated carbocycles. The fraction of sp³-hybridized carbons (Fsp3) is 0.455. The molecule has 0 radical (unpaired) electrons. The first-order valence-corrected chi connectivity index (χ1v) is 8.41. The van der Waals surface area contributed by atoms with Gasteiger partial charge < -0.3 is 0 Å². The Kier molecular flexibility index (Phi) is 14.4. The SMILES string of the molecule is C#CCCCC=C.C1=CCCC2CCC/C2=C/C1.C=CC=C. The van der Waals surface area contributed by atoms with E-state index in [-0.39, 0.29) is 0 Å². The van der Waals surface area contributed by atoms with Crippen molar-refractivity contribution in [3.8, 4) is 12.3 Å². The molecule has 22 heavy (non-hydrogen) atoms. The number of hydrogen-bond donors (Lipinski definition) is 0. The lowest BCUT2D eigenvalue weighted by molar-refractivity contribution is 0.575. The molecule has 0 aliphatic heterocycles. The van der Waals surface area contributed by atoms with Gasteiger partial charge in [0.2, 0.25) is 0 Å². The zero-order valence-electron chi connectivity index (χ0n) is 14.1. The van der Waals surface area contributed by atoms with Crippen molar-refractivity contribution in [2.45, 2.75) is 57.8 Å². The summed E-state index contributed by atoms with van der Waals surface area (Å²) in [6.45, 7) is 10.3. The molecule has 0 saturated heterocycles. The molecule has 0 spiro atoms. The van der Waals surface area contributed by atoms with Crippen LogP contribution in [0.25, 0.3) is 0 Å². The predicted octanol–water partition coefficient (Wildman–Crippen LogP) is 6.79. The zero-order chi connectivity index (χ0) is 16.5. The molecule has 1 atom stereocenters. The van der Waals surface area contributed by atoms with Crippen LogP contribution in [0.15, 0.2) is 61.8 Å². The van der Waals surface area contributed by atoms with E-state index in [2.05, 4.69) is 43.9 Å². The van der Waals surface area contributed by atoms with Gasteiger partial charge in [0, 0.05) is 6.42 Å². The van der Waals surface area contributed by atoms with Gasteiger partial charge in [-0.25, -0.2) is 0 Å². The Balaban J connectivity index is 0.000000348. The summed E-state index contributed by atoms with van der Waals surface area (Å²) < 4.78 is 0. The number of fused-ring (bicyclic) bond motifs is 1. The van der Waals surface area contributed by atoms with Crippen molar-refractivity contribution in [2.24, 2.45) is 5.92 Å². The van der Waals surface area contributed by atoms with Crippen molar-refractivity contribution in [2.75, 3.05) is 0 Å². The highest BCUT2D eigenvalue weighted by molar-refractivity contribution is 5.14. The number of allylic oxidation sites excluding steroid dienone is 7. The van der Waals surface area contributed by atoms with Crippen LogP contribution < -0.4 is 0 Å². The van der Waals surface area contributed by atoms with Gasteiger partial charge in [0.25, 0.3) is 0 Å². The summed E-state index contributed by atoms with van der Waals surface area (Å²) in [5.74, 6) is 3.51. The maximum Gasteiger partial charge on any atom is 0.00890 e. The number of unbranched alkanes of at least 4 members (excludes halogenated alkanes) is 2. The third-order valence-corrected chi connectivity index (χ3v) is 3.80. The summed E-state index contributed by atoms with van der Waals surface area (Å²) in [4.78, 5) is 0. The lowest BCUT2D eigenvalue weighted by Crippen LogP contribution is -1.97. The zero-order valence-corrected chi connectivity index (χ0v) is 14.1. The Labute approximate surface area is 138 Å². The Bertz CT molecular complexity index is 394. The van der Waals surface area contributed by atoms with Crippen LogP contribution in [0.4, 0.5) is 0 Å². The van der Waals surface area contributed by atoms with Gasteiger partial charge in [-0.2, -0.15) is 0 Å². The van der Waals surface area contributed by atoms with E-state index in [9.17, 15) is 0 Å². The van der Waals surface area contributed by atoms with E-state index in [0.29, 0.717) is 0 Å². The largest absolute Gasteiger partial charge is 0.120 e. The van der Waals surface area contributed by atoms with E-state index >= 15 is 0 Å². The molecule has 1 fully saturated rings. The molecule has 0 bridgehead atoms. The van der Waals surface area contributed by atoms with Gasteiger partial charge in [-0.15, -0.1) is 18.9 Å². The third-order valence-electron chi connectivity index (χ3n) is 3.80. The number of rotatable bonds is 4. The number of terminal acetylenes is 1. The molecule has 2 aliphatic carbocycles. The van der Waals surface area contributed by atoms with Crippen molar-refractivity contribution >= 4 is 0 Å². The lowest BCUT2D eigenvalue weighted by Gasteiger charge is -2.11. The molecular formula is C22H32. The maximum absolute atomic E-state index is 4.98. The van der Waals surface area contributed by atoms with Gasteiger partial charge in [0.05, 0.1) is 0 Å². The summed E-state index contributed by atoms with van der Waals surface area (Å²) in [6.07, 6.45) is 28.4. The molecule has 0 aromatic heterocycles. The smallest absolute Gasteiger partial charge is 0.00890 e. The fourth-order valence-electron chi connectivity index (χ4n) is 2.62.